The monoisotopic (exact) mass is 374 g/mol. The van der Waals surface area contributed by atoms with Gasteiger partial charge in [-0.15, -0.1) is 0 Å². The molecule has 3 nitrogen and oxygen atoms in total. The van der Waals surface area contributed by atoms with E-state index in [-0.39, 0.29) is 5.82 Å². The van der Waals surface area contributed by atoms with Crippen LogP contribution in [-0.2, 0) is 6.42 Å². The van der Waals surface area contributed by atoms with Crippen molar-refractivity contribution in [2.24, 2.45) is 0 Å². The molecule has 1 heterocycles. The first kappa shape index (κ1) is 13.4. The minimum absolute atomic E-state index is 0.378. The van der Waals surface area contributed by atoms with Crippen molar-refractivity contribution in [3.8, 4) is 11.6 Å². The maximum atomic E-state index is 13.3. The van der Waals surface area contributed by atoms with Crippen molar-refractivity contribution >= 4 is 31.9 Å². The molecule has 0 amide bonds. The third-order valence-corrected chi connectivity index (χ3v) is 3.20. The Bertz CT molecular complexity index is 578. The summed E-state index contributed by atoms with van der Waals surface area (Å²) in [5.74, 6) is 1.06. The van der Waals surface area contributed by atoms with Crippen molar-refractivity contribution in [2.45, 2.75) is 13.3 Å². The molecule has 1 aromatic carbocycles. The highest BCUT2D eigenvalue weighted by Crippen LogP contribution is 2.25. The minimum Gasteiger partial charge on any atom is -0.439 e. The summed E-state index contributed by atoms with van der Waals surface area (Å²) in [7, 11) is 0. The zero-order valence-corrected chi connectivity index (χ0v) is 12.6. The molecule has 0 unspecified atom stereocenters. The normalized spacial score (nSPS) is 10.4. The van der Waals surface area contributed by atoms with Gasteiger partial charge < -0.3 is 4.74 Å². The van der Waals surface area contributed by atoms with Crippen molar-refractivity contribution in [3.63, 3.8) is 0 Å². The first-order valence-corrected chi connectivity index (χ1v) is 6.83. The summed E-state index contributed by atoms with van der Waals surface area (Å²) in [4.78, 5) is 8.37. The van der Waals surface area contributed by atoms with E-state index in [0.717, 1.165) is 0 Å². The van der Waals surface area contributed by atoms with E-state index >= 15 is 0 Å². The Morgan fingerprint density at radius 2 is 2.00 bits per heavy atom. The second-order valence-electron chi connectivity index (χ2n) is 3.48. The van der Waals surface area contributed by atoms with Crippen LogP contribution in [0.15, 0.2) is 33.3 Å². The van der Waals surface area contributed by atoms with Gasteiger partial charge in [0, 0.05) is 18.6 Å². The van der Waals surface area contributed by atoms with E-state index < -0.39 is 0 Å². The molecule has 0 bridgehead atoms. The summed E-state index contributed by atoms with van der Waals surface area (Å²) in [6.45, 7) is 1.95. The second kappa shape index (κ2) is 5.75. The Labute approximate surface area is 121 Å². The van der Waals surface area contributed by atoms with Gasteiger partial charge in [-0.05, 0) is 44.0 Å². The number of hydrogen-bond acceptors (Lipinski definition) is 3. The minimum atomic E-state index is -0.378. The zero-order valence-electron chi connectivity index (χ0n) is 9.45. The summed E-state index contributed by atoms with van der Waals surface area (Å²) in [6, 6.07) is 6.18. The van der Waals surface area contributed by atoms with E-state index in [4.69, 9.17) is 4.74 Å². The molecule has 0 aliphatic heterocycles. The molecule has 0 N–H and O–H groups in total. The zero-order chi connectivity index (χ0) is 13.1. The van der Waals surface area contributed by atoms with Gasteiger partial charge in [-0.1, -0.05) is 6.92 Å². The Balaban J connectivity index is 2.27. The van der Waals surface area contributed by atoms with E-state index in [1.165, 1.54) is 6.07 Å². The molecule has 1 aromatic heterocycles. The highest BCUT2D eigenvalue weighted by Gasteiger charge is 2.06. The van der Waals surface area contributed by atoms with E-state index in [9.17, 15) is 4.39 Å². The predicted molar refractivity (Wildman–Crippen MR) is 73.3 cm³/mol. The maximum absolute atomic E-state index is 13.3. The number of nitrogens with zero attached hydrogens (tertiary/aromatic N) is 2. The second-order valence-corrected chi connectivity index (χ2v) is 5.14. The van der Waals surface area contributed by atoms with Crippen LogP contribution in [0.4, 0.5) is 4.39 Å². The number of benzene rings is 1. The molecule has 0 aliphatic carbocycles. The lowest BCUT2D eigenvalue weighted by molar-refractivity contribution is 0.453. The maximum Gasteiger partial charge on any atom is 0.223 e. The average Bonchev–Trinajstić information content (AvgIpc) is 2.33. The van der Waals surface area contributed by atoms with E-state index in [2.05, 4.69) is 41.8 Å². The van der Waals surface area contributed by atoms with Crippen molar-refractivity contribution in [1.82, 2.24) is 9.97 Å². The van der Waals surface area contributed by atoms with Crippen LogP contribution < -0.4 is 4.74 Å². The molecule has 0 atom stereocenters. The average molecular weight is 376 g/mol. The Hall–Kier alpha value is -1.01. The van der Waals surface area contributed by atoms with Gasteiger partial charge in [0.05, 0.1) is 4.47 Å². The number of ether oxygens (including phenoxy) is 1. The van der Waals surface area contributed by atoms with Crippen LogP contribution in [0.3, 0.4) is 0 Å². The molecule has 0 spiro atoms. The van der Waals surface area contributed by atoms with E-state index in [0.29, 0.717) is 33.0 Å². The standard InChI is InChI=1S/C12H9Br2FN2O/c1-2-11-16-10(14)6-12(17-11)18-7-3-4-8(13)9(15)5-7/h3-6H,2H2,1H3. The van der Waals surface area contributed by atoms with Gasteiger partial charge in [0.1, 0.15) is 22.0 Å². The van der Waals surface area contributed by atoms with Crippen molar-refractivity contribution in [1.29, 1.82) is 0 Å². The fourth-order valence-corrected chi connectivity index (χ4v) is 1.96. The van der Waals surface area contributed by atoms with Crippen LogP contribution in [0, 0.1) is 5.82 Å². The highest BCUT2D eigenvalue weighted by atomic mass is 79.9. The van der Waals surface area contributed by atoms with Crippen LogP contribution in [0.1, 0.15) is 12.7 Å². The Kier molecular flexibility index (Phi) is 4.29. The van der Waals surface area contributed by atoms with Crippen LogP contribution in [0.2, 0.25) is 0 Å². The molecule has 6 heteroatoms. The molecule has 0 radical (unpaired) electrons. The molecule has 0 saturated carbocycles. The lowest BCUT2D eigenvalue weighted by Gasteiger charge is -2.07. The molecular formula is C12H9Br2FN2O. The van der Waals surface area contributed by atoms with Crippen LogP contribution in [-0.4, -0.2) is 9.97 Å². The summed E-state index contributed by atoms with van der Waals surface area (Å²) in [6.07, 6.45) is 0.699. The first-order chi connectivity index (χ1) is 8.58. The number of hydrogen-bond donors (Lipinski definition) is 0. The molecule has 2 rings (SSSR count). The van der Waals surface area contributed by atoms with Gasteiger partial charge in [-0.25, -0.2) is 9.37 Å². The van der Waals surface area contributed by atoms with Gasteiger partial charge in [-0.2, -0.15) is 4.98 Å². The topological polar surface area (TPSA) is 35.0 Å². The fourth-order valence-electron chi connectivity index (χ4n) is 1.31. The summed E-state index contributed by atoms with van der Waals surface area (Å²) < 4.78 is 19.9. The SMILES string of the molecule is CCc1nc(Br)cc(Oc2ccc(Br)c(F)c2)n1. The van der Waals surface area contributed by atoms with Gasteiger partial charge in [0.2, 0.25) is 5.88 Å². The lowest BCUT2D eigenvalue weighted by atomic mass is 10.3. The molecule has 2 aromatic rings. The molecular weight excluding hydrogens is 367 g/mol. The van der Waals surface area contributed by atoms with Gasteiger partial charge >= 0.3 is 0 Å². The number of rotatable bonds is 3. The molecule has 0 fully saturated rings. The fraction of sp³-hybridized carbons (Fsp3) is 0.167. The summed E-state index contributed by atoms with van der Waals surface area (Å²) >= 11 is 6.37. The number of halogens is 3. The quantitative estimate of drug-likeness (QED) is 0.741. The highest BCUT2D eigenvalue weighted by molar-refractivity contribution is 9.10. The molecule has 0 aliphatic rings. The van der Waals surface area contributed by atoms with E-state index in [1.807, 2.05) is 6.92 Å². The number of aryl methyl sites for hydroxylation is 1. The summed E-state index contributed by atoms with van der Waals surface area (Å²) in [5, 5.41) is 0. The van der Waals surface area contributed by atoms with Gasteiger partial charge in [0.15, 0.2) is 0 Å². The van der Waals surface area contributed by atoms with Crippen LogP contribution in [0.25, 0.3) is 0 Å². The largest absolute Gasteiger partial charge is 0.439 e. The first-order valence-electron chi connectivity index (χ1n) is 5.25. The van der Waals surface area contributed by atoms with Gasteiger partial charge in [-0.3, -0.25) is 0 Å². The molecule has 0 saturated heterocycles. The van der Waals surface area contributed by atoms with Crippen molar-refractivity contribution in [2.75, 3.05) is 0 Å². The number of aromatic nitrogens is 2. The Morgan fingerprint density at radius 3 is 2.67 bits per heavy atom. The third-order valence-electron chi connectivity index (χ3n) is 2.15. The van der Waals surface area contributed by atoms with Crippen LogP contribution >= 0.6 is 31.9 Å². The summed E-state index contributed by atoms with van der Waals surface area (Å²) in [5.41, 5.74) is 0. The lowest BCUT2D eigenvalue weighted by Crippen LogP contribution is -1.96. The van der Waals surface area contributed by atoms with Crippen molar-refractivity contribution in [3.05, 3.63) is 45.0 Å². The smallest absolute Gasteiger partial charge is 0.223 e. The van der Waals surface area contributed by atoms with Crippen molar-refractivity contribution < 1.29 is 9.13 Å². The third kappa shape index (κ3) is 3.26. The molecule has 18 heavy (non-hydrogen) atoms. The van der Waals surface area contributed by atoms with E-state index in [1.54, 1.807) is 18.2 Å². The predicted octanol–water partition coefficient (Wildman–Crippen LogP) is 4.50. The molecule has 94 valence electrons. The van der Waals surface area contributed by atoms with Crippen LogP contribution in [0.5, 0.6) is 11.6 Å². The Morgan fingerprint density at radius 1 is 1.22 bits per heavy atom. The van der Waals surface area contributed by atoms with Gasteiger partial charge in [0.25, 0.3) is 0 Å².